The van der Waals surface area contributed by atoms with E-state index in [-0.39, 0.29) is 4.90 Å². The Kier molecular flexibility index (Phi) is 6.15. The molecule has 0 spiro atoms. The second kappa shape index (κ2) is 8.12. The standard InChI is InChI=1S/C16H13IN2O5S/c17-11-1-3-13(4-2-11)19-25(23,24)14-7-5-12(6-8-14)18-15(20)9-10-16(21)22/h1-10,19H,(H,18,20)(H,21,22). The van der Waals surface area contributed by atoms with Crippen molar-refractivity contribution in [2.45, 2.75) is 4.90 Å². The van der Waals surface area contributed by atoms with E-state index in [1.165, 1.54) is 24.3 Å². The number of aliphatic carboxylic acids is 1. The molecule has 0 aliphatic rings. The Morgan fingerprint density at radius 3 is 2.04 bits per heavy atom. The predicted molar refractivity (Wildman–Crippen MR) is 102 cm³/mol. The minimum atomic E-state index is -3.75. The van der Waals surface area contributed by atoms with Crippen LogP contribution in [0.1, 0.15) is 0 Å². The number of sulfonamides is 1. The minimum Gasteiger partial charge on any atom is -0.478 e. The summed E-state index contributed by atoms with van der Waals surface area (Å²) in [6.45, 7) is 0. The first-order valence-corrected chi connectivity index (χ1v) is 9.43. The molecule has 25 heavy (non-hydrogen) atoms. The zero-order valence-corrected chi connectivity index (χ0v) is 15.6. The van der Waals surface area contributed by atoms with Crippen LogP contribution < -0.4 is 10.0 Å². The van der Waals surface area contributed by atoms with Gasteiger partial charge in [0, 0.05) is 27.1 Å². The number of amides is 1. The van der Waals surface area contributed by atoms with Crippen molar-refractivity contribution >= 4 is 55.9 Å². The molecule has 2 aromatic rings. The lowest BCUT2D eigenvalue weighted by Crippen LogP contribution is -2.13. The van der Waals surface area contributed by atoms with Crippen molar-refractivity contribution in [3.8, 4) is 0 Å². The molecule has 130 valence electrons. The highest BCUT2D eigenvalue weighted by molar-refractivity contribution is 14.1. The van der Waals surface area contributed by atoms with Crippen molar-refractivity contribution in [2.75, 3.05) is 10.0 Å². The number of hydrogen-bond donors (Lipinski definition) is 3. The number of halogens is 1. The van der Waals surface area contributed by atoms with Crippen LogP contribution in [0, 0.1) is 3.57 Å². The van der Waals surface area contributed by atoms with E-state index in [4.69, 9.17) is 5.11 Å². The molecule has 0 bridgehead atoms. The van der Waals surface area contributed by atoms with E-state index in [1.807, 2.05) is 0 Å². The van der Waals surface area contributed by atoms with Crippen molar-refractivity contribution in [3.05, 3.63) is 64.3 Å². The molecule has 3 N–H and O–H groups in total. The lowest BCUT2D eigenvalue weighted by atomic mass is 10.3. The number of rotatable bonds is 6. The maximum atomic E-state index is 12.3. The second-order valence-corrected chi connectivity index (χ2v) is 7.73. The van der Waals surface area contributed by atoms with Gasteiger partial charge in [-0.05, 0) is 71.1 Å². The van der Waals surface area contributed by atoms with Crippen LogP contribution in [0.3, 0.4) is 0 Å². The van der Waals surface area contributed by atoms with E-state index >= 15 is 0 Å². The molecule has 0 fully saturated rings. The fraction of sp³-hybridized carbons (Fsp3) is 0. The Labute approximate surface area is 157 Å². The summed E-state index contributed by atoms with van der Waals surface area (Å²) in [6, 6.07) is 12.4. The highest BCUT2D eigenvalue weighted by Crippen LogP contribution is 2.19. The summed E-state index contributed by atoms with van der Waals surface area (Å²) in [7, 11) is -3.75. The summed E-state index contributed by atoms with van der Waals surface area (Å²) in [6.07, 6.45) is 1.57. The van der Waals surface area contributed by atoms with E-state index in [0.717, 1.165) is 9.65 Å². The van der Waals surface area contributed by atoms with Crippen LogP contribution in [-0.2, 0) is 19.6 Å². The summed E-state index contributed by atoms with van der Waals surface area (Å²) >= 11 is 2.12. The molecule has 0 aromatic heterocycles. The first-order chi connectivity index (χ1) is 11.8. The number of carboxylic acids is 1. The summed E-state index contributed by atoms with van der Waals surface area (Å²) in [4.78, 5) is 21.8. The first-order valence-electron chi connectivity index (χ1n) is 6.87. The van der Waals surface area contributed by atoms with Crippen LogP contribution in [-0.4, -0.2) is 25.4 Å². The van der Waals surface area contributed by atoms with E-state index < -0.39 is 21.9 Å². The van der Waals surface area contributed by atoms with Crippen molar-refractivity contribution < 1.29 is 23.1 Å². The van der Waals surface area contributed by atoms with Crippen LogP contribution in [0.5, 0.6) is 0 Å². The molecule has 2 aromatic carbocycles. The molecule has 0 atom stereocenters. The van der Waals surface area contributed by atoms with Gasteiger partial charge in [0.25, 0.3) is 10.0 Å². The molecule has 0 unspecified atom stereocenters. The number of carbonyl (C=O) groups is 2. The average molecular weight is 472 g/mol. The Bertz CT molecular complexity index is 907. The summed E-state index contributed by atoms with van der Waals surface area (Å²) in [5, 5.41) is 10.9. The molecule has 0 radical (unpaired) electrons. The fourth-order valence-electron chi connectivity index (χ4n) is 1.78. The van der Waals surface area contributed by atoms with Crippen LogP contribution in [0.25, 0.3) is 0 Å². The molecule has 1 amide bonds. The van der Waals surface area contributed by atoms with E-state index in [1.54, 1.807) is 24.3 Å². The number of benzene rings is 2. The molecule has 0 saturated carbocycles. The summed E-state index contributed by atoms with van der Waals surface area (Å²) in [5.41, 5.74) is 0.782. The smallest absolute Gasteiger partial charge is 0.328 e. The third kappa shape index (κ3) is 5.87. The fourth-order valence-corrected chi connectivity index (χ4v) is 3.20. The summed E-state index contributed by atoms with van der Waals surface area (Å²) in [5.74, 6) is -1.87. The largest absolute Gasteiger partial charge is 0.478 e. The van der Waals surface area contributed by atoms with Gasteiger partial charge in [-0.15, -0.1) is 0 Å². The average Bonchev–Trinajstić information content (AvgIpc) is 2.55. The Balaban J connectivity index is 2.09. The molecular weight excluding hydrogens is 459 g/mol. The van der Waals surface area contributed by atoms with Gasteiger partial charge in [0.15, 0.2) is 0 Å². The van der Waals surface area contributed by atoms with Gasteiger partial charge in [0.1, 0.15) is 0 Å². The minimum absolute atomic E-state index is 0.0325. The summed E-state index contributed by atoms with van der Waals surface area (Å²) < 4.78 is 28.1. The zero-order valence-electron chi connectivity index (χ0n) is 12.6. The lowest BCUT2D eigenvalue weighted by Gasteiger charge is -2.09. The van der Waals surface area contributed by atoms with Gasteiger partial charge < -0.3 is 10.4 Å². The van der Waals surface area contributed by atoms with Crippen LogP contribution >= 0.6 is 22.6 Å². The maximum absolute atomic E-state index is 12.3. The highest BCUT2D eigenvalue weighted by Gasteiger charge is 2.14. The quantitative estimate of drug-likeness (QED) is 0.442. The van der Waals surface area contributed by atoms with E-state index in [2.05, 4.69) is 32.6 Å². The maximum Gasteiger partial charge on any atom is 0.328 e. The third-order valence-electron chi connectivity index (χ3n) is 2.91. The van der Waals surface area contributed by atoms with Crippen molar-refractivity contribution in [3.63, 3.8) is 0 Å². The van der Waals surface area contributed by atoms with Gasteiger partial charge in [0.2, 0.25) is 5.91 Å². The normalized spacial score (nSPS) is 11.2. The van der Waals surface area contributed by atoms with Crippen molar-refractivity contribution in [1.82, 2.24) is 0 Å². The van der Waals surface area contributed by atoms with Crippen LogP contribution in [0.15, 0.2) is 65.6 Å². The molecule has 2 rings (SSSR count). The van der Waals surface area contributed by atoms with Crippen molar-refractivity contribution in [1.29, 1.82) is 0 Å². The molecular formula is C16H13IN2O5S. The predicted octanol–water partition coefficient (Wildman–Crippen LogP) is 2.67. The molecule has 9 heteroatoms. The lowest BCUT2D eigenvalue weighted by molar-refractivity contribution is -0.131. The molecule has 0 aliphatic heterocycles. The Morgan fingerprint density at radius 1 is 0.920 bits per heavy atom. The van der Waals surface area contributed by atoms with Crippen LogP contribution in [0.2, 0.25) is 0 Å². The number of nitrogens with one attached hydrogen (secondary N) is 2. The topological polar surface area (TPSA) is 113 Å². The number of anilines is 2. The van der Waals surface area contributed by atoms with Gasteiger partial charge in [-0.25, -0.2) is 13.2 Å². The third-order valence-corrected chi connectivity index (χ3v) is 5.02. The molecule has 0 aliphatic carbocycles. The monoisotopic (exact) mass is 472 g/mol. The van der Waals surface area contributed by atoms with E-state index in [9.17, 15) is 18.0 Å². The van der Waals surface area contributed by atoms with Gasteiger partial charge in [0.05, 0.1) is 4.90 Å². The van der Waals surface area contributed by atoms with Gasteiger partial charge in [-0.3, -0.25) is 9.52 Å². The zero-order chi connectivity index (χ0) is 18.4. The van der Waals surface area contributed by atoms with Gasteiger partial charge in [-0.2, -0.15) is 0 Å². The van der Waals surface area contributed by atoms with Gasteiger partial charge in [-0.1, -0.05) is 0 Å². The Hall–Kier alpha value is -2.40. The number of hydrogen-bond acceptors (Lipinski definition) is 4. The van der Waals surface area contributed by atoms with Crippen LogP contribution in [0.4, 0.5) is 11.4 Å². The van der Waals surface area contributed by atoms with E-state index in [0.29, 0.717) is 17.5 Å². The Morgan fingerprint density at radius 2 is 1.48 bits per heavy atom. The number of carbonyl (C=O) groups excluding carboxylic acids is 1. The van der Waals surface area contributed by atoms with Gasteiger partial charge >= 0.3 is 5.97 Å². The molecule has 7 nitrogen and oxygen atoms in total. The molecule has 0 saturated heterocycles. The second-order valence-electron chi connectivity index (χ2n) is 4.80. The molecule has 0 heterocycles. The number of carboxylic acid groups (broad SMARTS) is 1. The first kappa shape index (κ1) is 18.9. The van der Waals surface area contributed by atoms with Crippen molar-refractivity contribution in [2.24, 2.45) is 0 Å². The SMILES string of the molecule is O=C(O)C=CC(=O)Nc1ccc(S(=O)(=O)Nc2ccc(I)cc2)cc1. The highest BCUT2D eigenvalue weighted by atomic mass is 127.